The van der Waals surface area contributed by atoms with Crippen LogP contribution in [-0.4, -0.2) is 22.5 Å². The molecule has 0 spiro atoms. The third-order valence-electron chi connectivity index (χ3n) is 1.17. The molecule has 0 radical (unpaired) electrons. The van der Waals surface area contributed by atoms with Gasteiger partial charge in [0.25, 0.3) is 0 Å². The van der Waals surface area contributed by atoms with Crippen molar-refractivity contribution in [1.82, 2.24) is 0 Å². The van der Waals surface area contributed by atoms with E-state index in [1.54, 1.807) is 0 Å². The van der Waals surface area contributed by atoms with Crippen LogP contribution in [0.2, 0.25) is 0 Å². The van der Waals surface area contributed by atoms with Gasteiger partial charge >= 0.3 is 0 Å². The lowest BCUT2D eigenvalue weighted by molar-refractivity contribution is -0.0496. The van der Waals surface area contributed by atoms with Crippen molar-refractivity contribution >= 4 is 0 Å². The number of nitrogens with two attached hydrogens (primary N) is 1. The number of hydrogen-bond acceptors (Lipinski definition) is 3. The van der Waals surface area contributed by atoms with Crippen LogP contribution in [0.4, 0.5) is 0 Å². The van der Waals surface area contributed by atoms with Crippen molar-refractivity contribution < 1.29 is 10.2 Å². The molecule has 0 aliphatic heterocycles. The third-order valence-corrected chi connectivity index (χ3v) is 1.17. The molecule has 0 aromatic rings. The zero-order chi connectivity index (χ0) is 7.28. The van der Waals surface area contributed by atoms with Gasteiger partial charge in [-0.3, -0.25) is 0 Å². The largest absolute Gasteiger partial charge is 0.368 e. The fourth-order valence-electron chi connectivity index (χ4n) is 0.759. The maximum absolute atomic E-state index is 8.42. The zero-order valence-electron chi connectivity index (χ0n) is 5.75. The van der Waals surface area contributed by atoms with E-state index in [1.807, 2.05) is 6.92 Å². The molecule has 0 amide bonds. The number of hydrogen-bond donors (Lipinski definition) is 3. The molecule has 56 valence electrons. The van der Waals surface area contributed by atoms with Gasteiger partial charge in [0.15, 0.2) is 6.29 Å². The first-order valence-corrected chi connectivity index (χ1v) is 3.28. The summed E-state index contributed by atoms with van der Waals surface area (Å²) in [5, 5.41) is 16.8. The van der Waals surface area contributed by atoms with Gasteiger partial charge in [-0.25, -0.2) is 0 Å². The van der Waals surface area contributed by atoms with E-state index in [0.29, 0.717) is 0 Å². The summed E-state index contributed by atoms with van der Waals surface area (Å²) in [5.74, 6) is 0. The average molecular weight is 133 g/mol. The summed E-state index contributed by atoms with van der Waals surface area (Å²) in [6.45, 7) is 2.02. The summed E-state index contributed by atoms with van der Waals surface area (Å²) in [6.07, 6.45) is 0.894. The monoisotopic (exact) mass is 133 g/mol. The van der Waals surface area contributed by atoms with Crippen LogP contribution in [0, 0.1) is 0 Å². The molecule has 9 heavy (non-hydrogen) atoms. The summed E-state index contributed by atoms with van der Waals surface area (Å²) in [6, 6.07) is -0.0602. The number of aliphatic hydroxyl groups is 2. The summed E-state index contributed by atoms with van der Waals surface area (Å²) < 4.78 is 0. The van der Waals surface area contributed by atoms with Gasteiger partial charge in [-0.05, 0) is 6.42 Å². The molecule has 0 aromatic heterocycles. The molecule has 3 nitrogen and oxygen atoms in total. The Kier molecular flexibility index (Phi) is 4.67. The van der Waals surface area contributed by atoms with Gasteiger partial charge in [0, 0.05) is 12.5 Å². The first-order valence-electron chi connectivity index (χ1n) is 3.28. The molecule has 4 N–H and O–H groups in total. The van der Waals surface area contributed by atoms with E-state index in [-0.39, 0.29) is 12.5 Å². The molecule has 0 aromatic carbocycles. The molecule has 0 heterocycles. The smallest absolute Gasteiger partial charge is 0.152 e. The molecular weight excluding hydrogens is 118 g/mol. The molecule has 0 fully saturated rings. The molecule has 1 unspecified atom stereocenters. The summed E-state index contributed by atoms with van der Waals surface area (Å²) >= 11 is 0. The zero-order valence-corrected chi connectivity index (χ0v) is 5.75. The molecule has 0 aliphatic rings. The normalized spacial score (nSPS) is 14.3. The highest BCUT2D eigenvalue weighted by atomic mass is 16.5. The average Bonchev–Trinajstić information content (AvgIpc) is 1.63. The molecule has 0 aliphatic carbocycles. The highest BCUT2D eigenvalue weighted by Crippen LogP contribution is 1.99. The minimum Gasteiger partial charge on any atom is -0.368 e. The molecule has 0 saturated carbocycles. The first-order chi connectivity index (χ1) is 4.16. The lowest BCUT2D eigenvalue weighted by Crippen LogP contribution is -2.25. The Morgan fingerprint density at radius 1 is 1.44 bits per heavy atom. The predicted octanol–water partition coefficient (Wildman–Crippen LogP) is -0.185. The minimum atomic E-state index is -1.24. The topological polar surface area (TPSA) is 66.5 Å². The van der Waals surface area contributed by atoms with Crippen molar-refractivity contribution in [3.05, 3.63) is 0 Å². The second-order valence-electron chi connectivity index (χ2n) is 2.27. The van der Waals surface area contributed by atoms with E-state index in [2.05, 4.69) is 0 Å². The Morgan fingerprint density at radius 2 is 2.00 bits per heavy atom. The van der Waals surface area contributed by atoms with E-state index < -0.39 is 6.29 Å². The highest BCUT2D eigenvalue weighted by Gasteiger charge is 2.04. The fourth-order valence-corrected chi connectivity index (χ4v) is 0.759. The Labute approximate surface area is 55.5 Å². The fraction of sp³-hybridized carbons (Fsp3) is 1.00. The molecule has 0 rings (SSSR count). The Hall–Kier alpha value is -0.120. The van der Waals surface area contributed by atoms with Gasteiger partial charge in [0.05, 0.1) is 0 Å². The summed E-state index contributed by atoms with van der Waals surface area (Å²) in [4.78, 5) is 0. The minimum absolute atomic E-state index is 0.0602. The van der Waals surface area contributed by atoms with E-state index >= 15 is 0 Å². The van der Waals surface area contributed by atoms with Crippen LogP contribution in [0.25, 0.3) is 0 Å². The van der Waals surface area contributed by atoms with E-state index in [9.17, 15) is 0 Å². The molecule has 1 atom stereocenters. The third kappa shape index (κ3) is 5.76. The van der Waals surface area contributed by atoms with Crippen LogP contribution in [0.15, 0.2) is 0 Å². The van der Waals surface area contributed by atoms with Crippen molar-refractivity contribution in [3.63, 3.8) is 0 Å². The van der Waals surface area contributed by atoms with Gasteiger partial charge in [-0.1, -0.05) is 13.3 Å². The van der Waals surface area contributed by atoms with E-state index in [4.69, 9.17) is 15.9 Å². The van der Waals surface area contributed by atoms with Gasteiger partial charge < -0.3 is 15.9 Å². The van der Waals surface area contributed by atoms with E-state index in [1.165, 1.54) is 0 Å². The Morgan fingerprint density at radius 3 is 2.33 bits per heavy atom. The van der Waals surface area contributed by atoms with Gasteiger partial charge in [0.2, 0.25) is 0 Å². The number of aliphatic hydroxyl groups excluding tert-OH is 1. The lowest BCUT2D eigenvalue weighted by atomic mass is 10.1. The summed E-state index contributed by atoms with van der Waals surface area (Å²) in [7, 11) is 0. The van der Waals surface area contributed by atoms with Crippen LogP contribution in [0.5, 0.6) is 0 Å². The Bertz CT molecular complexity index is 66.1. The van der Waals surface area contributed by atoms with Crippen LogP contribution >= 0.6 is 0 Å². The van der Waals surface area contributed by atoms with Gasteiger partial charge in [-0.2, -0.15) is 0 Å². The molecule has 0 bridgehead atoms. The quantitative estimate of drug-likeness (QED) is 0.466. The van der Waals surface area contributed by atoms with Crippen LogP contribution < -0.4 is 5.73 Å². The number of rotatable bonds is 4. The second kappa shape index (κ2) is 4.73. The van der Waals surface area contributed by atoms with E-state index in [0.717, 1.165) is 12.8 Å². The standard InChI is InChI=1S/C6H15NO2/c1-2-3-5(7)4-6(8)9/h5-6,8-9H,2-4,7H2,1H3. The first kappa shape index (κ1) is 8.88. The van der Waals surface area contributed by atoms with Crippen molar-refractivity contribution in [2.24, 2.45) is 5.73 Å². The maximum Gasteiger partial charge on any atom is 0.152 e. The molecule has 0 saturated heterocycles. The van der Waals surface area contributed by atoms with Crippen molar-refractivity contribution in [3.8, 4) is 0 Å². The van der Waals surface area contributed by atoms with Gasteiger partial charge in [-0.15, -0.1) is 0 Å². The van der Waals surface area contributed by atoms with Crippen LogP contribution in [0.1, 0.15) is 26.2 Å². The predicted molar refractivity (Wildman–Crippen MR) is 35.7 cm³/mol. The molecule has 3 heteroatoms. The second-order valence-corrected chi connectivity index (χ2v) is 2.27. The Balaban J connectivity index is 3.15. The van der Waals surface area contributed by atoms with Gasteiger partial charge in [0.1, 0.15) is 0 Å². The van der Waals surface area contributed by atoms with Crippen molar-refractivity contribution in [2.75, 3.05) is 0 Å². The van der Waals surface area contributed by atoms with Crippen molar-refractivity contribution in [1.29, 1.82) is 0 Å². The molecular formula is C6H15NO2. The SMILES string of the molecule is CCCC(N)CC(O)O. The van der Waals surface area contributed by atoms with Crippen LogP contribution in [-0.2, 0) is 0 Å². The lowest BCUT2D eigenvalue weighted by Gasteiger charge is -2.10. The highest BCUT2D eigenvalue weighted by molar-refractivity contribution is 4.59. The van der Waals surface area contributed by atoms with Crippen LogP contribution in [0.3, 0.4) is 0 Å². The summed E-state index contributed by atoms with van der Waals surface area (Å²) in [5.41, 5.74) is 5.47. The maximum atomic E-state index is 8.42. The van der Waals surface area contributed by atoms with Crippen molar-refractivity contribution in [2.45, 2.75) is 38.5 Å².